The van der Waals surface area contributed by atoms with Crippen LogP contribution < -0.4 is 0 Å². The molecule has 4 rings (SSSR count). The topological polar surface area (TPSA) is 86.5 Å². The number of ketones is 1. The molecule has 1 fully saturated rings. The summed E-state index contributed by atoms with van der Waals surface area (Å²) >= 11 is 3.42. The van der Waals surface area contributed by atoms with Gasteiger partial charge >= 0.3 is 5.97 Å². The molecule has 0 aliphatic heterocycles. The summed E-state index contributed by atoms with van der Waals surface area (Å²) in [5, 5.41) is 4.19. The lowest BCUT2D eigenvalue weighted by atomic mass is 9.71. The average molecular weight is 527 g/mol. The van der Waals surface area contributed by atoms with E-state index in [2.05, 4.69) is 37.9 Å². The van der Waals surface area contributed by atoms with Crippen LogP contribution in [0.2, 0.25) is 0 Å². The predicted octanol–water partition coefficient (Wildman–Crippen LogP) is 5.56. The first-order chi connectivity index (χ1) is 16.1. The Kier molecular flexibility index (Phi) is 7.17. The quantitative estimate of drug-likeness (QED) is 0.308. The van der Waals surface area contributed by atoms with Crippen molar-refractivity contribution in [3.05, 3.63) is 58.2 Å². The van der Waals surface area contributed by atoms with Gasteiger partial charge in [0.05, 0.1) is 10.7 Å². The number of hydrogen-bond acceptors (Lipinski definition) is 6. The summed E-state index contributed by atoms with van der Waals surface area (Å²) in [6, 6.07) is 3.73. The fraction of sp³-hybridized carbons (Fsp3) is 0.500. The molecule has 0 spiro atoms. The molecule has 0 N–H and O–H groups in total. The lowest BCUT2D eigenvalue weighted by molar-refractivity contribution is -0.156. The van der Waals surface area contributed by atoms with Crippen LogP contribution in [0.4, 0.5) is 0 Å². The third-order valence-electron chi connectivity index (χ3n) is 6.26. The smallest absolute Gasteiger partial charge is 0.306 e. The van der Waals surface area contributed by atoms with E-state index in [0.29, 0.717) is 23.7 Å². The van der Waals surface area contributed by atoms with E-state index in [4.69, 9.17) is 4.74 Å². The number of rotatable bonds is 6. The lowest BCUT2D eigenvalue weighted by Gasteiger charge is -2.34. The van der Waals surface area contributed by atoms with Crippen molar-refractivity contribution in [3.63, 3.8) is 0 Å². The average Bonchev–Trinajstić information content (AvgIpc) is 3.12. The highest BCUT2D eigenvalue weighted by Gasteiger charge is 2.31. The molecular formula is C26H31BrN4O3. The van der Waals surface area contributed by atoms with E-state index in [9.17, 15) is 9.59 Å². The fourth-order valence-corrected chi connectivity index (χ4v) is 5.39. The monoisotopic (exact) mass is 526 g/mol. The molecule has 34 heavy (non-hydrogen) atoms. The van der Waals surface area contributed by atoms with E-state index in [-0.39, 0.29) is 30.0 Å². The molecule has 0 unspecified atom stereocenters. The van der Waals surface area contributed by atoms with E-state index >= 15 is 0 Å². The molecule has 180 valence electrons. The number of ether oxygens (including phenoxy) is 1. The normalized spacial score (nSPS) is 20.9. The van der Waals surface area contributed by atoms with E-state index in [1.807, 2.05) is 26.8 Å². The second-order valence-electron chi connectivity index (χ2n) is 10.4. The number of Topliss-reactive ketones (excluding diaryl/α,β-unsaturated/α-hetero) is 1. The van der Waals surface area contributed by atoms with E-state index in [1.165, 1.54) is 0 Å². The van der Waals surface area contributed by atoms with Gasteiger partial charge in [0, 0.05) is 31.4 Å². The van der Waals surface area contributed by atoms with Gasteiger partial charge < -0.3 is 4.74 Å². The molecule has 0 amide bonds. The molecule has 0 radical (unpaired) electrons. The van der Waals surface area contributed by atoms with Gasteiger partial charge in [-0.25, -0.2) is 9.50 Å². The van der Waals surface area contributed by atoms with Gasteiger partial charge in [-0.15, -0.1) is 0 Å². The minimum atomic E-state index is -0.473. The standard InChI is InChI=1S/C26H31BrN4O3/c1-16-9-17(12-24(33)34-26(2,3)4)11-18(10-16)20-5-7-28-14-19(20)13-23(32)22-6-8-31-25(30-22)21(27)15-29-31/h5-8,14-18H,9-13H2,1-4H3/t16-,17+,18-/m1/s1. The zero-order chi connectivity index (χ0) is 24.5. The van der Waals surface area contributed by atoms with Crippen LogP contribution >= 0.6 is 15.9 Å². The number of pyridine rings is 1. The van der Waals surface area contributed by atoms with Gasteiger partial charge in [0.1, 0.15) is 11.3 Å². The van der Waals surface area contributed by atoms with Crippen LogP contribution in [0.3, 0.4) is 0 Å². The van der Waals surface area contributed by atoms with Crippen LogP contribution in [0.25, 0.3) is 5.65 Å². The SMILES string of the molecule is C[C@@H]1C[C@H](CC(=O)OC(C)(C)C)C[C@H](c2ccncc2CC(=O)c2ccn3ncc(Br)c3n2)C1. The summed E-state index contributed by atoms with van der Waals surface area (Å²) in [5.41, 5.74) is 2.62. The summed E-state index contributed by atoms with van der Waals surface area (Å²) in [7, 11) is 0. The molecule has 0 aromatic carbocycles. The van der Waals surface area contributed by atoms with Crippen LogP contribution in [-0.2, 0) is 16.0 Å². The first-order valence-corrected chi connectivity index (χ1v) is 12.6. The Labute approximate surface area is 208 Å². The van der Waals surface area contributed by atoms with Gasteiger partial charge in [0.2, 0.25) is 0 Å². The molecule has 7 nitrogen and oxygen atoms in total. The van der Waals surface area contributed by atoms with Crippen molar-refractivity contribution in [2.45, 2.75) is 71.3 Å². The Balaban J connectivity index is 1.51. The number of carbonyl (C=O) groups excluding carboxylic acids is 2. The predicted molar refractivity (Wildman–Crippen MR) is 133 cm³/mol. The van der Waals surface area contributed by atoms with Crippen LogP contribution in [0.15, 0.2) is 41.4 Å². The molecule has 3 aromatic rings. The summed E-state index contributed by atoms with van der Waals surface area (Å²) in [6.45, 7) is 7.93. The Hall–Kier alpha value is -2.61. The zero-order valence-corrected chi connectivity index (χ0v) is 21.7. The summed E-state index contributed by atoms with van der Waals surface area (Å²) in [4.78, 5) is 34.4. The third-order valence-corrected chi connectivity index (χ3v) is 6.82. The van der Waals surface area contributed by atoms with Crippen molar-refractivity contribution in [2.75, 3.05) is 0 Å². The van der Waals surface area contributed by atoms with E-state index < -0.39 is 5.60 Å². The Morgan fingerprint density at radius 2 is 1.97 bits per heavy atom. The second-order valence-corrected chi connectivity index (χ2v) is 11.3. The fourth-order valence-electron chi connectivity index (χ4n) is 5.03. The third kappa shape index (κ3) is 5.90. The van der Waals surface area contributed by atoms with Crippen LogP contribution in [0.1, 0.15) is 80.9 Å². The van der Waals surface area contributed by atoms with Crippen molar-refractivity contribution in [1.82, 2.24) is 19.6 Å². The summed E-state index contributed by atoms with van der Waals surface area (Å²) < 4.78 is 7.94. The van der Waals surface area contributed by atoms with Gasteiger partial charge in [-0.3, -0.25) is 14.6 Å². The van der Waals surface area contributed by atoms with E-state index in [1.54, 1.807) is 35.4 Å². The van der Waals surface area contributed by atoms with Gasteiger partial charge in [-0.2, -0.15) is 5.10 Å². The highest BCUT2D eigenvalue weighted by Crippen LogP contribution is 2.42. The maximum absolute atomic E-state index is 13.1. The molecule has 3 aromatic heterocycles. The molecule has 1 aliphatic rings. The largest absolute Gasteiger partial charge is 0.460 e. The number of halogens is 1. The van der Waals surface area contributed by atoms with Crippen molar-refractivity contribution in [2.24, 2.45) is 11.8 Å². The Morgan fingerprint density at radius 3 is 2.74 bits per heavy atom. The maximum atomic E-state index is 13.1. The second kappa shape index (κ2) is 9.94. The maximum Gasteiger partial charge on any atom is 0.306 e. The summed E-state index contributed by atoms with van der Waals surface area (Å²) in [6.07, 6.45) is 10.6. The number of esters is 1. The molecular weight excluding hydrogens is 496 g/mol. The van der Waals surface area contributed by atoms with Crippen LogP contribution in [0, 0.1) is 11.8 Å². The van der Waals surface area contributed by atoms with Gasteiger partial charge in [-0.05, 0) is 97.0 Å². The number of hydrogen-bond donors (Lipinski definition) is 0. The van der Waals surface area contributed by atoms with Crippen molar-refractivity contribution < 1.29 is 14.3 Å². The summed E-state index contributed by atoms with van der Waals surface area (Å²) in [5.74, 6) is 0.846. The Morgan fingerprint density at radius 1 is 1.18 bits per heavy atom. The zero-order valence-electron chi connectivity index (χ0n) is 20.1. The molecule has 8 heteroatoms. The molecule has 1 aliphatic carbocycles. The van der Waals surface area contributed by atoms with Crippen LogP contribution in [-0.4, -0.2) is 36.9 Å². The minimum Gasteiger partial charge on any atom is -0.460 e. The Bertz CT molecular complexity index is 1200. The lowest BCUT2D eigenvalue weighted by Crippen LogP contribution is -2.28. The number of fused-ring (bicyclic) bond motifs is 1. The van der Waals surface area contributed by atoms with Crippen molar-refractivity contribution >= 4 is 33.3 Å². The van der Waals surface area contributed by atoms with Crippen molar-refractivity contribution in [3.8, 4) is 0 Å². The number of aromatic nitrogens is 4. The molecule has 3 heterocycles. The van der Waals surface area contributed by atoms with Gasteiger partial charge in [-0.1, -0.05) is 6.92 Å². The first-order valence-electron chi connectivity index (χ1n) is 11.8. The number of nitrogens with zero attached hydrogens (tertiary/aromatic N) is 4. The van der Waals surface area contributed by atoms with Crippen LogP contribution in [0.5, 0.6) is 0 Å². The first kappa shape index (κ1) is 24.5. The number of carbonyl (C=O) groups is 2. The van der Waals surface area contributed by atoms with Gasteiger partial charge in [0.15, 0.2) is 11.4 Å². The minimum absolute atomic E-state index is 0.0565. The molecule has 3 atom stereocenters. The van der Waals surface area contributed by atoms with Crippen molar-refractivity contribution in [1.29, 1.82) is 0 Å². The van der Waals surface area contributed by atoms with Gasteiger partial charge in [0.25, 0.3) is 0 Å². The molecule has 1 saturated carbocycles. The highest BCUT2D eigenvalue weighted by atomic mass is 79.9. The molecule has 0 saturated heterocycles. The van der Waals surface area contributed by atoms with E-state index in [0.717, 1.165) is 34.9 Å². The highest BCUT2D eigenvalue weighted by molar-refractivity contribution is 9.10. The molecule has 0 bridgehead atoms.